The number of rotatable bonds is 6. The third kappa shape index (κ3) is 3.57. The van der Waals surface area contributed by atoms with Gasteiger partial charge in [-0.05, 0) is 24.0 Å². The smallest absolute Gasteiger partial charge is 0.281 e. The lowest BCUT2D eigenvalue weighted by molar-refractivity contribution is -0.227. The molecule has 1 atom stereocenters. The van der Waals surface area contributed by atoms with Crippen LogP contribution in [0.15, 0.2) is 72.2 Å². The summed E-state index contributed by atoms with van der Waals surface area (Å²) in [5.74, 6) is -3.23. The van der Waals surface area contributed by atoms with Crippen LogP contribution in [0.4, 0.5) is 0 Å². The number of Topliss-reactive ketones (excluding diaryl/α,β-unsaturated/α-hetero) is 1. The van der Waals surface area contributed by atoms with Crippen LogP contribution >= 0.6 is 0 Å². The van der Waals surface area contributed by atoms with Gasteiger partial charge in [0.2, 0.25) is 5.76 Å². The van der Waals surface area contributed by atoms with E-state index < -0.39 is 28.2 Å². The fraction of sp³-hybridized carbons (Fsp3) is 0.375. The summed E-state index contributed by atoms with van der Waals surface area (Å²) >= 11 is 0. The van der Waals surface area contributed by atoms with Crippen molar-refractivity contribution in [1.29, 1.82) is 0 Å². The maximum Gasteiger partial charge on any atom is 0.281 e. The lowest BCUT2D eigenvalue weighted by Crippen LogP contribution is -2.52. The maximum absolute atomic E-state index is 12.9. The Kier molecular flexibility index (Phi) is 5.11. The fourth-order valence-corrected chi connectivity index (χ4v) is 3.82. The summed E-state index contributed by atoms with van der Waals surface area (Å²) < 4.78 is 5.88. The molecule has 0 radical (unpaired) electrons. The number of carbonyl (C=O) groups excluding carboxylic acids is 1. The first kappa shape index (κ1) is 20.2. The monoisotopic (exact) mass is 380 g/mol. The molecule has 148 valence electrons. The van der Waals surface area contributed by atoms with Gasteiger partial charge in [0, 0.05) is 10.8 Å². The summed E-state index contributed by atoms with van der Waals surface area (Å²) in [6.45, 7) is 7.35. The Labute approximate surface area is 166 Å². The highest BCUT2D eigenvalue weighted by atomic mass is 16.6. The predicted molar refractivity (Wildman–Crippen MR) is 109 cm³/mol. The molecule has 2 aromatic rings. The summed E-state index contributed by atoms with van der Waals surface area (Å²) in [6.07, 6.45) is 0.992. The summed E-state index contributed by atoms with van der Waals surface area (Å²) in [6, 6.07) is 19.4. The van der Waals surface area contributed by atoms with E-state index in [1.807, 2.05) is 74.5 Å². The zero-order chi connectivity index (χ0) is 20.6. The average Bonchev–Trinajstić information content (AvgIpc) is 2.89. The molecule has 1 aliphatic rings. The minimum atomic E-state index is -2.11. The number of aliphatic hydroxyl groups is 2. The molecule has 4 heteroatoms. The van der Waals surface area contributed by atoms with Gasteiger partial charge >= 0.3 is 0 Å². The van der Waals surface area contributed by atoms with Crippen LogP contribution in [-0.4, -0.2) is 21.8 Å². The van der Waals surface area contributed by atoms with Crippen molar-refractivity contribution in [3.8, 4) is 0 Å². The number of hydrogen-bond acceptors (Lipinski definition) is 4. The number of allylic oxidation sites excluding steroid dienone is 1. The van der Waals surface area contributed by atoms with Crippen molar-refractivity contribution in [2.45, 2.75) is 46.3 Å². The highest BCUT2D eigenvalue weighted by Crippen LogP contribution is 2.48. The Morgan fingerprint density at radius 1 is 0.857 bits per heavy atom. The molecule has 0 aromatic heterocycles. The normalized spacial score (nSPS) is 20.4. The van der Waals surface area contributed by atoms with Crippen LogP contribution < -0.4 is 0 Å². The van der Waals surface area contributed by atoms with Crippen LogP contribution in [0.1, 0.15) is 38.8 Å². The summed E-state index contributed by atoms with van der Waals surface area (Å²) in [5.41, 5.74) is 0.440. The van der Waals surface area contributed by atoms with Gasteiger partial charge in [0.15, 0.2) is 5.76 Å². The highest BCUT2D eigenvalue weighted by molar-refractivity contribution is 6.01. The lowest BCUT2D eigenvalue weighted by atomic mass is 9.76. The first-order valence-corrected chi connectivity index (χ1v) is 9.55. The van der Waals surface area contributed by atoms with E-state index in [-0.39, 0.29) is 5.76 Å². The Hall–Kier alpha value is -2.59. The van der Waals surface area contributed by atoms with Crippen LogP contribution in [0.2, 0.25) is 0 Å². The molecule has 0 fully saturated rings. The summed E-state index contributed by atoms with van der Waals surface area (Å²) in [5, 5.41) is 21.8. The molecule has 0 amide bonds. The van der Waals surface area contributed by atoms with Crippen molar-refractivity contribution in [1.82, 2.24) is 0 Å². The molecule has 1 unspecified atom stereocenters. The van der Waals surface area contributed by atoms with Crippen molar-refractivity contribution < 1.29 is 19.7 Å². The molecular weight excluding hydrogens is 352 g/mol. The molecule has 28 heavy (non-hydrogen) atoms. The molecule has 0 bridgehead atoms. The highest BCUT2D eigenvalue weighted by Gasteiger charge is 2.60. The van der Waals surface area contributed by atoms with Gasteiger partial charge < -0.3 is 14.9 Å². The number of benzene rings is 2. The van der Waals surface area contributed by atoms with Gasteiger partial charge in [-0.1, -0.05) is 88.4 Å². The van der Waals surface area contributed by atoms with Gasteiger partial charge in [0.25, 0.3) is 11.6 Å². The first-order chi connectivity index (χ1) is 13.1. The van der Waals surface area contributed by atoms with Crippen LogP contribution in [0.25, 0.3) is 0 Å². The predicted octanol–water partition coefficient (Wildman–Crippen LogP) is 4.58. The number of aliphatic hydroxyl groups excluding tert-OH is 1. The second kappa shape index (κ2) is 7.10. The second-order valence-corrected chi connectivity index (χ2v) is 8.85. The molecule has 1 aliphatic heterocycles. The van der Waals surface area contributed by atoms with E-state index in [0.29, 0.717) is 12.8 Å². The van der Waals surface area contributed by atoms with Crippen molar-refractivity contribution in [2.75, 3.05) is 0 Å². The minimum Gasteiger partial charge on any atom is -0.502 e. The van der Waals surface area contributed by atoms with E-state index in [1.165, 1.54) is 0 Å². The fourth-order valence-electron chi connectivity index (χ4n) is 3.82. The number of ketones is 1. The SMILES string of the molecule is CC(C)(Cc1ccccc1)C1=C(O)C(=O)C(O)(C(C)(C)Cc2ccccc2)O1. The Balaban J connectivity index is 1.87. The van der Waals surface area contributed by atoms with E-state index in [2.05, 4.69) is 0 Å². The van der Waals surface area contributed by atoms with Gasteiger partial charge in [-0.25, -0.2) is 0 Å². The first-order valence-electron chi connectivity index (χ1n) is 9.55. The van der Waals surface area contributed by atoms with Gasteiger partial charge in [-0.15, -0.1) is 0 Å². The average molecular weight is 380 g/mol. The molecule has 0 spiro atoms. The number of carbonyl (C=O) groups is 1. The molecule has 3 rings (SSSR count). The standard InChI is InChI=1S/C24H28O4/c1-22(2,15-17-11-7-5-8-12-17)21-19(25)20(26)24(27,28-21)23(3,4)16-18-13-9-6-10-14-18/h5-14,25,27H,15-16H2,1-4H3. The van der Waals surface area contributed by atoms with Crippen LogP contribution in [-0.2, 0) is 22.4 Å². The quantitative estimate of drug-likeness (QED) is 0.770. The molecular formula is C24H28O4. The maximum atomic E-state index is 12.9. The molecule has 2 N–H and O–H groups in total. The number of hydrogen-bond donors (Lipinski definition) is 2. The Morgan fingerprint density at radius 3 is 1.82 bits per heavy atom. The van der Waals surface area contributed by atoms with E-state index in [1.54, 1.807) is 13.8 Å². The Morgan fingerprint density at radius 2 is 1.32 bits per heavy atom. The third-order valence-electron chi connectivity index (χ3n) is 5.50. The van der Waals surface area contributed by atoms with Crippen LogP contribution in [0.5, 0.6) is 0 Å². The molecule has 0 saturated carbocycles. The van der Waals surface area contributed by atoms with Crippen molar-refractivity contribution in [3.05, 3.63) is 83.3 Å². The van der Waals surface area contributed by atoms with Crippen molar-refractivity contribution in [3.63, 3.8) is 0 Å². The minimum absolute atomic E-state index is 0.144. The Bertz CT molecular complexity index is 881. The number of ether oxygens (including phenoxy) is 1. The third-order valence-corrected chi connectivity index (χ3v) is 5.50. The second-order valence-electron chi connectivity index (χ2n) is 8.85. The van der Waals surface area contributed by atoms with Gasteiger partial charge in [-0.3, -0.25) is 4.79 Å². The molecule has 2 aromatic carbocycles. The molecule has 0 aliphatic carbocycles. The van der Waals surface area contributed by atoms with Crippen molar-refractivity contribution >= 4 is 5.78 Å². The largest absolute Gasteiger partial charge is 0.502 e. The van der Waals surface area contributed by atoms with Gasteiger partial charge in [0.05, 0.1) is 0 Å². The zero-order valence-corrected chi connectivity index (χ0v) is 16.9. The lowest BCUT2D eigenvalue weighted by Gasteiger charge is -2.39. The van der Waals surface area contributed by atoms with Crippen LogP contribution in [0, 0.1) is 10.8 Å². The van der Waals surface area contributed by atoms with E-state index in [4.69, 9.17) is 4.74 Å². The van der Waals surface area contributed by atoms with Crippen molar-refractivity contribution in [2.24, 2.45) is 10.8 Å². The summed E-state index contributed by atoms with van der Waals surface area (Å²) in [4.78, 5) is 12.9. The van der Waals surface area contributed by atoms with E-state index >= 15 is 0 Å². The van der Waals surface area contributed by atoms with Gasteiger partial charge in [-0.2, -0.15) is 0 Å². The van der Waals surface area contributed by atoms with Crippen LogP contribution in [0.3, 0.4) is 0 Å². The topological polar surface area (TPSA) is 66.8 Å². The molecule has 1 heterocycles. The van der Waals surface area contributed by atoms with Gasteiger partial charge in [0.1, 0.15) is 0 Å². The zero-order valence-electron chi connectivity index (χ0n) is 16.9. The molecule has 0 saturated heterocycles. The molecule has 4 nitrogen and oxygen atoms in total. The van der Waals surface area contributed by atoms with E-state index in [9.17, 15) is 15.0 Å². The van der Waals surface area contributed by atoms with E-state index in [0.717, 1.165) is 11.1 Å². The summed E-state index contributed by atoms with van der Waals surface area (Å²) in [7, 11) is 0.